The summed E-state index contributed by atoms with van der Waals surface area (Å²) in [7, 11) is -3.45. The molecule has 0 spiro atoms. The Balaban J connectivity index is 3.03. The van der Waals surface area contributed by atoms with Crippen LogP contribution in [0.2, 0.25) is 0 Å². The molecule has 0 amide bonds. The predicted octanol–water partition coefficient (Wildman–Crippen LogP) is 1.46. The van der Waals surface area contributed by atoms with Crippen LogP contribution in [0.5, 0.6) is 0 Å². The number of anilines is 1. The Labute approximate surface area is 101 Å². The number of hydrogen-bond donors (Lipinski definition) is 2. The van der Waals surface area contributed by atoms with Crippen molar-refractivity contribution in [3.63, 3.8) is 0 Å². The van der Waals surface area contributed by atoms with Crippen LogP contribution in [-0.2, 0) is 21.2 Å². The average Bonchev–Trinajstić information content (AvgIpc) is 2.19. The van der Waals surface area contributed by atoms with Crippen molar-refractivity contribution >= 4 is 21.7 Å². The predicted molar refractivity (Wildman–Crippen MR) is 65.5 cm³/mol. The van der Waals surface area contributed by atoms with Crippen molar-refractivity contribution in [1.29, 1.82) is 0 Å². The summed E-state index contributed by atoms with van der Waals surface area (Å²) in [5.41, 5.74) is 0.771. The summed E-state index contributed by atoms with van der Waals surface area (Å²) in [5, 5.41) is 8.15. The highest BCUT2D eigenvalue weighted by molar-refractivity contribution is 7.93. The Kier molecular flexibility index (Phi) is 4.11. The van der Waals surface area contributed by atoms with Crippen LogP contribution < -0.4 is 4.72 Å². The summed E-state index contributed by atoms with van der Waals surface area (Å²) in [6.45, 7) is 3.12. The van der Waals surface area contributed by atoms with Crippen molar-refractivity contribution in [3.8, 4) is 0 Å². The number of para-hydroxylation sites is 1. The van der Waals surface area contributed by atoms with Gasteiger partial charge >= 0.3 is 5.97 Å². The zero-order valence-corrected chi connectivity index (χ0v) is 10.5. The van der Waals surface area contributed by atoms with Crippen LogP contribution in [0.1, 0.15) is 19.4 Å². The molecule has 1 rings (SSSR count). The largest absolute Gasteiger partial charge is 0.481 e. The smallest absolute Gasteiger partial charge is 0.307 e. The minimum Gasteiger partial charge on any atom is -0.481 e. The first kappa shape index (κ1) is 13.5. The average molecular weight is 257 g/mol. The van der Waals surface area contributed by atoms with E-state index in [1.165, 1.54) is 0 Å². The molecule has 0 atom stereocenters. The molecule has 6 heteroatoms. The molecule has 0 radical (unpaired) electrons. The first-order chi connectivity index (χ1) is 7.83. The number of hydrogen-bond acceptors (Lipinski definition) is 3. The van der Waals surface area contributed by atoms with Crippen LogP contribution >= 0.6 is 0 Å². The van der Waals surface area contributed by atoms with Gasteiger partial charge in [-0.05, 0) is 25.5 Å². The van der Waals surface area contributed by atoms with Gasteiger partial charge in [-0.25, -0.2) is 8.42 Å². The second-order valence-corrected chi connectivity index (χ2v) is 6.16. The maximum atomic E-state index is 11.7. The molecular weight excluding hydrogens is 242 g/mol. The van der Waals surface area contributed by atoms with E-state index in [0.29, 0.717) is 11.3 Å². The van der Waals surface area contributed by atoms with Crippen molar-refractivity contribution < 1.29 is 18.3 Å². The number of carbonyl (C=O) groups is 1. The summed E-state index contributed by atoms with van der Waals surface area (Å²) in [6, 6.07) is 6.47. The summed E-state index contributed by atoms with van der Waals surface area (Å²) < 4.78 is 25.8. The number of sulfonamides is 1. The molecule has 1 aromatic carbocycles. The first-order valence-electron chi connectivity index (χ1n) is 5.14. The normalized spacial score (nSPS) is 11.5. The first-order valence-corrected chi connectivity index (χ1v) is 6.69. The van der Waals surface area contributed by atoms with Gasteiger partial charge in [0, 0.05) is 0 Å². The molecule has 0 saturated heterocycles. The van der Waals surface area contributed by atoms with E-state index >= 15 is 0 Å². The van der Waals surface area contributed by atoms with E-state index < -0.39 is 21.2 Å². The van der Waals surface area contributed by atoms with Gasteiger partial charge in [-0.15, -0.1) is 0 Å². The quantitative estimate of drug-likeness (QED) is 0.836. The highest BCUT2D eigenvalue weighted by Crippen LogP contribution is 2.18. The standard InChI is InChI=1S/C11H15NO4S/c1-8(2)17(15,16)12-10-6-4-3-5-9(10)7-11(13)14/h3-6,8,12H,7H2,1-2H3,(H,13,14). The number of carboxylic acid groups (broad SMARTS) is 1. The minimum absolute atomic E-state index is 0.212. The summed E-state index contributed by atoms with van der Waals surface area (Å²) in [5.74, 6) is -0.999. The van der Waals surface area contributed by atoms with E-state index in [0.717, 1.165) is 0 Å². The third kappa shape index (κ3) is 3.74. The molecular formula is C11H15NO4S. The van der Waals surface area contributed by atoms with Crippen molar-refractivity contribution in [2.75, 3.05) is 4.72 Å². The van der Waals surface area contributed by atoms with Crippen LogP contribution in [0.3, 0.4) is 0 Å². The van der Waals surface area contributed by atoms with Crippen LogP contribution in [-0.4, -0.2) is 24.7 Å². The Morgan fingerprint density at radius 1 is 1.35 bits per heavy atom. The molecule has 0 bridgehead atoms. The fourth-order valence-electron chi connectivity index (χ4n) is 1.21. The molecule has 1 aromatic rings. The summed E-state index contributed by atoms with van der Waals surface area (Å²) >= 11 is 0. The lowest BCUT2D eigenvalue weighted by molar-refractivity contribution is -0.136. The van der Waals surface area contributed by atoms with Gasteiger partial charge in [0.1, 0.15) is 0 Å². The zero-order valence-electron chi connectivity index (χ0n) is 9.67. The van der Waals surface area contributed by atoms with E-state index in [1.807, 2.05) is 0 Å². The molecule has 0 aliphatic heterocycles. The lowest BCUT2D eigenvalue weighted by atomic mass is 10.1. The lowest BCUT2D eigenvalue weighted by Gasteiger charge is -2.13. The fourth-order valence-corrected chi connectivity index (χ4v) is 1.95. The molecule has 94 valence electrons. The number of aliphatic carboxylic acids is 1. The van der Waals surface area contributed by atoms with Crippen molar-refractivity contribution in [1.82, 2.24) is 0 Å². The van der Waals surface area contributed by atoms with Crippen LogP contribution in [0.25, 0.3) is 0 Å². The Morgan fingerprint density at radius 3 is 2.47 bits per heavy atom. The van der Waals surface area contributed by atoms with Crippen LogP contribution in [0.15, 0.2) is 24.3 Å². The zero-order chi connectivity index (χ0) is 13.1. The Hall–Kier alpha value is -1.56. The third-order valence-electron chi connectivity index (χ3n) is 2.23. The highest BCUT2D eigenvalue weighted by Gasteiger charge is 2.17. The molecule has 2 N–H and O–H groups in total. The van der Waals surface area contributed by atoms with Gasteiger partial charge < -0.3 is 5.11 Å². The van der Waals surface area contributed by atoms with Crippen LogP contribution in [0.4, 0.5) is 5.69 Å². The summed E-state index contributed by atoms with van der Waals surface area (Å²) in [6.07, 6.45) is -0.212. The molecule has 0 heterocycles. The Bertz CT molecular complexity index is 508. The maximum absolute atomic E-state index is 11.7. The van der Waals surface area contributed by atoms with Crippen molar-refractivity contribution in [2.45, 2.75) is 25.5 Å². The molecule has 5 nitrogen and oxygen atoms in total. The van der Waals surface area contributed by atoms with Crippen molar-refractivity contribution in [2.24, 2.45) is 0 Å². The monoisotopic (exact) mass is 257 g/mol. The van der Waals surface area contributed by atoms with E-state index in [1.54, 1.807) is 38.1 Å². The SMILES string of the molecule is CC(C)S(=O)(=O)Nc1ccccc1CC(=O)O. The molecule has 0 aliphatic rings. The van der Waals surface area contributed by atoms with Crippen molar-refractivity contribution in [3.05, 3.63) is 29.8 Å². The molecule has 0 unspecified atom stereocenters. The van der Waals surface area contributed by atoms with Crippen LogP contribution in [0, 0.1) is 0 Å². The van der Waals surface area contributed by atoms with Gasteiger partial charge in [-0.1, -0.05) is 18.2 Å². The van der Waals surface area contributed by atoms with Gasteiger partial charge in [-0.2, -0.15) is 0 Å². The Morgan fingerprint density at radius 2 is 1.94 bits per heavy atom. The van der Waals surface area contributed by atoms with Gasteiger partial charge in [0.25, 0.3) is 0 Å². The van der Waals surface area contributed by atoms with Gasteiger partial charge in [0.05, 0.1) is 17.4 Å². The summed E-state index contributed by atoms with van der Waals surface area (Å²) in [4.78, 5) is 10.6. The highest BCUT2D eigenvalue weighted by atomic mass is 32.2. The third-order valence-corrected chi connectivity index (χ3v) is 3.98. The minimum atomic E-state index is -3.45. The van der Waals surface area contributed by atoms with E-state index in [-0.39, 0.29) is 6.42 Å². The molecule has 0 saturated carbocycles. The molecule has 0 aromatic heterocycles. The number of benzene rings is 1. The number of rotatable bonds is 5. The van der Waals surface area contributed by atoms with E-state index in [4.69, 9.17) is 5.11 Å². The topological polar surface area (TPSA) is 83.5 Å². The fraction of sp³-hybridized carbons (Fsp3) is 0.364. The van der Waals surface area contributed by atoms with Gasteiger partial charge in [0.2, 0.25) is 10.0 Å². The number of nitrogens with one attached hydrogen (secondary N) is 1. The number of carboxylic acids is 1. The molecule has 17 heavy (non-hydrogen) atoms. The van der Waals surface area contributed by atoms with Gasteiger partial charge in [-0.3, -0.25) is 9.52 Å². The molecule has 0 fully saturated rings. The second-order valence-electron chi connectivity index (χ2n) is 3.92. The van der Waals surface area contributed by atoms with E-state index in [2.05, 4.69) is 4.72 Å². The maximum Gasteiger partial charge on any atom is 0.307 e. The second kappa shape index (κ2) is 5.18. The van der Waals surface area contributed by atoms with E-state index in [9.17, 15) is 13.2 Å². The molecule has 0 aliphatic carbocycles. The lowest BCUT2D eigenvalue weighted by Crippen LogP contribution is -2.23. The van der Waals surface area contributed by atoms with Gasteiger partial charge in [0.15, 0.2) is 0 Å².